The number of rotatable bonds is 4. The van der Waals surface area contributed by atoms with E-state index in [1.807, 2.05) is 0 Å². The van der Waals surface area contributed by atoms with Gasteiger partial charge in [0.05, 0.1) is 12.5 Å². The number of benzene rings is 1. The summed E-state index contributed by atoms with van der Waals surface area (Å²) in [6.07, 6.45) is 4.62. The van der Waals surface area contributed by atoms with Gasteiger partial charge in [-0.2, -0.15) is 0 Å². The second-order valence-electron chi connectivity index (χ2n) is 9.64. The number of anilines is 1. The molecule has 1 amide bonds. The SMILES string of the molecule is COc1ccc(NC(=O)Cn2nc3c4c5c(sc4ncn3c2=O)C[C@H](C(C)(C)C)CC5)cc1. The Kier molecular flexibility index (Phi) is 5.23. The molecule has 1 aliphatic carbocycles. The molecular formula is C24H27N5O3S. The van der Waals surface area contributed by atoms with Gasteiger partial charge in [-0.05, 0) is 60.4 Å². The Morgan fingerprint density at radius 3 is 2.73 bits per heavy atom. The third-order valence-electron chi connectivity index (χ3n) is 6.52. The molecule has 0 radical (unpaired) electrons. The number of ether oxygens (including phenoxy) is 1. The van der Waals surface area contributed by atoms with Gasteiger partial charge in [-0.1, -0.05) is 20.8 Å². The molecule has 3 heterocycles. The van der Waals surface area contributed by atoms with Crippen molar-refractivity contribution in [1.29, 1.82) is 0 Å². The molecule has 5 rings (SSSR count). The number of nitrogens with zero attached hydrogens (tertiary/aromatic N) is 4. The number of aryl methyl sites for hydroxylation is 1. The van der Waals surface area contributed by atoms with E-state index < -0.39 is 0 Å². The first-order chi connectivity index (χ1) is 15.7. The van der Waals surface area contributed by atoms with Crippen LogP contribution in [0.15, 0.2) is 35.4 Å². The zero-order valence-corrected chi connectivity index (χ0v) is 20.0. The van der Waals surface area contributed by atoms with E-state index >= 15 is 0 Å². The number of hydrogen-bond donors (Lipinski definition) is 1. The Bertz CT molecular complexity index is 1410. The summed E-state index contributed by atoms with van der Waals surface area (Å²) in [4.78, 5) is 32.3. The molecule has 1 atom stereocenters. The summed E-state index contributed by atoms with van der Waals surface area (Å²) < 4.78 is 7.79. The van der Waals surface area contributed by atoms with Gasteiger partial charge in [-0.15, -0.1) is 16.4 Å². The number of fused-ring (bicyclic) bond motifs is 5. The highest BCUT2D eigenvalue weighted by atomic mass is 32.1. The third-order valence-corrected chi connectivity index (χ3v) is 7.69. The first-order valence-corrected chi connectivity index (χ1v) is 11.9. The van der Waals surface area contributed by atoms with Crippen LogP contribution in [0.3, 0.4) is 0 Å². The Balaban J connectivity index is 1.46. The molecule has 0 unspecified atom stereocenters. The molecule has 1 aliphatic rings. The zero-order chi connectivity index (χ0) is 23.3. The average molecular weight is 466 g/mol. The van der Waals surface area contributed by atoms with Gasteiger partial charge in [-0.25, -0.2) is 18.9 Å². The quantitative estimate of drug-likeness (QED) is 0.494. The average Bonchev–Trinajstić information content (AvgIpc) is 3.30. The fourth-order valence-corrected chi connectivity index (χ4v) is 5.81. The predicted molar refractivity (Wildman–Crippen MR) is 129 cm³/mol. The number of amides is 1. The van der Waals surface area contributed by atoms with Crippen LogP contribution in [-0.2, 0) is 24.2 Å². The molecule has 9 heteroatoms. The summed E-state index contributed by atoms with van der Waals surface area (Å²) in [5.74, 6) is 1.000. The summed E-state index contributed by atoms with van der Waals surface area (Å²) in [6.45, 7) is 6.71. The monoisotopic (exact) mass is 465 g/mol. The van der Waals surface area contributed by atoms with Gasteiger partial charge in [0.15, 0.2) is 5.65 Å². The van der Waals surface area contributed by atoms with Crippen LogP contribution >= 0.6 is 11.3 Å². The fourth-order valence-electron chi connectivity index (χ4n) is 4.55. The Hall–Kier alpha value is -3.20. The van der Waals surface area contributed by atoms with Gasteiger partial charge in [0, 0.05) is 10.6 Å². The molecule has 0 spiro atoms. The molecule has 3 aromatic heterocycles. The first-order valence-electron chi connectivity index (χ1n) is 11.1. The largest absolute Gasteiger partial charge is 0.497 e. The summed E-state index contributed by atoms with van der Waals surface area (Å²) in [6, 6.07) is 7.02. The van der Waals surface area contributed by atoms with E-state index in [-0.39, 0.29) is 23.6 Å². The minimum absolute atomic E-state index is 0.174. The Morgan fingerprint density at radius 1 is 1.27 bits per heavy atom. The summed E-state index contributed by atoms with van der Waals surface area (Å²) in [5, 5.41) is 8.30. The minimum Gasteiger partial charge on any atom is -0.497 e. The fraction of sp³-hybridized carbons (Fsp3) is 0.417. The molecule has 0 bridgehead atoms. The van der Waals surface area contributed by atoms with Crippen molar-refractivity contribution < 1.29 is 9.53 Å². The maximum atomic E-state index is 12.9. The molecule has 172 valence electrons. The number of methoxy groups -OCH3 is 1. The lowest BCUT2D eigenvalue weighted by molar-refractivity contribution is -0.117. The van der Waals surface area contributed by atoms with E-state index in [1.165, 1.54) is 25.9 Å². The molecule has 1 aromatic carbocycles. The minimum atomic E-state index is -0.368. The lowest BCUT2D eigenvalue weighted by Crippen LogP contribution is -2.28. The van der Waals surface area contributed by atoms with E-state index in [0.717, 1.165) is 29.5 Å². The van der Waals surface area contributed by atoms with Crippen LogP contribution in [0.5, 0.6) is 5.75 Å². The van der Waals surface area contributed by atoms with Crippen molar-refractivity contribution in [2.45, 2.75) is 46.6 Å². The molecule has 4 aromatic rings. The standard InChI is InChI=1S/C24H27N5O3S/c1-24(2,3)14-5-10-17-18(11-14)33-22-20(17)21-27-29(23(31)28(21)13-25-22)12-19(30)26-15-6-8-16(32-4)9-7-15/h6-9,13-14H,5,10-12H2,1-4H3,(H,26,30)/t14-/m1/s1. The molecule has 0 fully saturated rings. The predicted octanol–water partition coefficient (Wildman–Crippen LogP) is 3.90. The van der Waals surface area contributed by atoms with Gasteiger partial charge in [0.1, 0.15) is 23.5 Å². The zero-order valence-electron chi connectivity index (χ0n) is 19.2. The lowest BCUT2D eigenvalue weighted by atomic mass is 9.72. The number of nitrogens with one attached hydrogen (secondary N) is 1. The highest BCUT2D eigenvalue weighted by molar-refractivity contribution is 7.19. The Morgan fingerprint density at radius 2 is 2.03 bits per heavy atom. The summed E-state index contributed by atoms with van der Waals surface area (Å²) in [5.41, 5.74) is 2.35. The summed E-state index contributed by atoms with van der Waals surface area (Å²) >= 11 is 1.70. The topological polar surface area (TPSA) is 90.5 Å². The number of thiophene rings is 1. The maximum absolute atomic E-state index is 12.9. The Labute approximate surface area is 195 Å². The number of aromatic nitrogens is 4. The van der Waals surface area contributed by atoms with E-state index in [0.29, 0.717) is 23.0 Å². The second-order valence-corrected chi connectivity index (χ2v) is 10.7. The number of carbonyl (C=O) groups is 1. The van der Waals surface area contributed by atoms with E-state index in [1.54, 1.807) is 42.7 Å². The van der Waals surface area contributed by atoms with Crippen molar-refractivity contribution in [1.82, 2.24) is 19.2 Å². The lowest BCUT2D eigenvalue weighted by Gasteiger charge is -2.33. The molecule has 0 aliphatic heterocycles. The molecule has 8 nitrogen and oxygen atoms in total. The van der Waals surface area contributed by atoms with Crippen molar-refractivity contribution in [3.05, 3.63) is 51.5 Å². The highest BCUT2D eigenvalue weighted by Gasteiger charge is 2.32. The van der Waals surface area contributed by atoms with Crippen molar-refractivity contribution in [3.8, 4) is 5.75 Å². The van der Waals surface area contributed by atoms with E-state index in [9.17, 15) is 9.59 Å². The molecule has 0 saturated heterocycles. The van der Waals surface area contributed by atoms with Gasteiger partial charge in [0.25, 0.3) is 0 Å². The van der Waals surface area contributed by atoms with E-state index in [4.69, 9.17) is 4.74 Å². The van der Waals surface area contributed by atoms with Crippen molar-refractivity contribution in [2.24, 2.45) is 11.3 Å². The van der Waals surface area contributed by atoms with Gasteiger partial charge in [-0.3, -0.25) is 4.79 Å². The van der Waals surface area contributed by atoms with Crippen LogP contribution in [0.25, 0.3) is 15.9 Å². The molecule has 1 N–H and O–H groups in total. The van der Waals surface area contributed by atoms with E-state index in [2.05, 4.69) is 36.2 Å². The van der Waals surface area contributed by atoms with Crippen molar-refractivity contribution >= 4 is 38.8 Å². The number of hydrogen-bond acceptors (Lipinski definition) is 6. The summed E-state index contributed by atoms with van der Waals surface area (Å²) in [7, 11) is 1.59. The second kappa shape index (κ2) is 7.98. The molecule has 33 heavy (non-hydrogen) atoms. The van der Waals surface area contributed by atoms with Gasteiger partial charge in [0.2, 0.25) is 5.91 Å². The first kappa shape index (κ1) is 21.6. The molecular weight excluding hydrogens is 438 g/mol. The van der Waals surface area contributed by atoms with Gasteiger partial charge >= 0.3 is 5.69 Å². The molecule has 0 saturated carbocycles. The smallest absolute Gasteiger partial charge is 0.352 e. The van der Waals surface area contributed by atoms with Crippen molar-refractivity contribution in [3.63, 3.8) is 0 Å². The van der Waals surface area contributed by atoms with Crippen LogP contribution in [0.1, 0.15) is 37.6 Å². The van der Waals surface area contributed by atoms with Crippen LogP contribution in [0.4, 0.5) is 5.69 Å². The van der Waals surface area contributed by atoms with Crippen LogP contribution in [0.2, 0.25) is 0 Å². The highest BCUT2D eigenvalue weighted by Crippen LogP contribution is 2.43. The van der Waals surface area contributed by atoms with Crippen LogP contribution in [0, 0.1) is 11.3 Å². The maximum Gasteiger partial charge on any atom is 0.352 e. The third kappa shape index (κ3) is 3.90. The van der Waals surface area contributed by atoms with Crippen molar-refractivity contribution in [2.75, 3.05) is 12.4 Å². The van der Waals surface area contributed by atoms with Crippen LogP contribution < -0.4 is 15.7 Å². The van der Waals surface area contributed by atoms with Gasteiger partial charge < -0.3 is 10.1 Å². The normalized spacial score (nSPS) is 16.2. The van der Waals surface area contributed by atoms with Crippen LogP contribution in [-0.4, -0.2) is 32.2 Å². The number of carbonyl (C=O) groups excluding carboxylic acids is 1.